The van der Waals surface area contributed by atoms with Gasteiger partial charge in [0.1, 0.15) is 9.84 Å². The minimum absolute atomic E-state index is 0. The summed E-state index contributed by atoms with van der Waals surface area (Å²) >= 11 is 6.03. The van der Waals surface area contributed by atoms with E-state index in [0.29, 0.717) is 23.9 Å². The van der Waals surface area contributed by atoms with Crippen LogP contribution in [0.3, 0.4) is 0 Å². The Bertz CT molecular complexity index is 678. The van der Waals surface area contributed by atoms with Crippen molar-refractivity contribution in [1.29, 1.82) is 0 Å². The molecule has 0 fully saturated rings. The Labute approximate surface area is 174 Å². The van der Waals surface area contributed by atoms with Gasteiger partial charge in [-0.05, 0) is 36.5 Å². The summed E-state index contributed by atoms with van der Waals surface area (Å²) in [7, 11) is -1.23. The Balaban J connectivity index is 0.00000576. The normalized spacial score (nSPS) is 13.8. The van der Waals surface area contributed by atoms with Crippen molar-refractivity contribution in [3.8, 4) is 0 Å². The number of rotatable bonds is 7. The number of halogens is 2. The second-order valence-corrected chi connectivity index (χ2v) is 9.59. The maximum absolute atomic E-state index is 11.3. The molecule has 1 atom stereocenters. The third-order valence-electron chi connectivity index (χ3n) is 3.81. The summed E-state index contributed by atoms with van der Waals surface area (Å²) in [6.07, 6.45) is 1.86. The van der Waals surface area contributed by atoms with Crippen molar-refractivity contribution in [2.24, 2.45) is 10.4 Å². The lowest BCUT2D eigenvalue weighted by atomic mass is 9.90. The SMILES string of the molecule is CN=C(NCC(C)(C)CCS(C)(=O)=O)NC(C)c1cccc(Cl)c1.I. The molecule has 0 aliphatic rings. The molecule has 144 valence electrons. The summed E-state index contributed by atoms with van der Waals surface area (Å²) in [5.41, 5.74) is 0.918. The predicted octanol–water partition coefficient (Wildman–Crippen LogP) is 3.64. The van der Waals surface area contributed by atoms with Gasteiger partial charge in [-0.1, -0.05) is 37.6 Å². The van der Waals surface area contributed by atoms with E-state index < -0.39 is 9.84 Å². The van der Waals surface area contributed by atoms with Crippen molar-refractivity contribution in [2.45, 2.75) is 33.2 Å². The molecule has 0 spiro atoms. The second kappa shape index (κ2) is 10.6. The molecule has 0 aliphatic carbocycles. The summed E-state index contributed by atoms with van der Waals surface area (Å²) in [4.78, 5) is 4.23. The zero-order valence-corrected chi connectivity index (χ0v) is 19.4. The number of hydrogen-bond acceptors (Lipinski definition) is 3. The minimum atomic E-state index is -2.95. The van der Waals surface area contributed by atoms with Crippen molar-refractivity contribution in [2.75, 3.05) is 25.6 Å². The average molecular weight is 502 g/mol. The monoisotopic (exact) mass is 501 g/mol. The molecule has 0 radical (unpaired) electrons. The van der Waals surface area contributed by atoms with Gasteiger partial charge in [0, 0.05) is 24.9 Å². The average Bonchev–Trinajstić information content (AvgIpc) is 2.49. The molecule has 0 saturated heterocycles. The van der Waals surface area contributed by atoms with E-state index in [-0.39, 0.29) is 41.2 Å². The van der Waals surface area contributed by atoms with Gasteiger partial charge in [-0.15, -0.1) is 24.0 Å². The molecule has 8 heteroatoms. The van der Waals surface area contributed by atoms with Crippen molar-refractivity contribution < 1.29 is 8.42 Å². The lowest BCUT2D eigenvalue weighted by Crippen LogP contribution is -2.43. The van der Waals surface area contributed by atoms with Gasteiger partial charge < -0.3 is 10.6 Å². The standard InChI is InChI=1S/C17H28ClN3O2S.HI/c1-13(14-7-6-8-15(18)11-14)21-16(19-4)20-12-17(2,3)9-10-24(5,22)23;/h6-8,11,13H,9-10,12H2,1-5H3,(H2,19,20,21);1H. The summed E-state index contributed by atoms with van der Waals surface area (Å²) in [5, 5.41) is 7.29. The Morgan fingerprint density at radius 2 is 2.00 bits per heavy atom. The quantitative estimate of drug-likeness (QED) is 0.340. The van der Waals surface area contributed by atoms with E-state index in [1.54, 1.807) is 7.05 Å². The molecule has 1 aromatic carbocycles. The van der Waals surface area contributed by atoms with Crippen molar-refractivity contribution >= 4 is 51.4 Å². The van der Waals surface area contributed by atoms with E-state index >= 15 is 0 Å². The lowest BCUT2D eigenvalue weighted by molar-refractivity contribution is 0.348. The number of benzene rings is 1. The van der Waals surface area contributed by atoms with Crippen molar-refractivity contribution in [1.82, 2.24) is 10.6 Å². The maximum atomic E-state index is 11.3. The van der Waals surface area contributed by atoms with Gasteiger partial charge in [0.2, 0.25) is 0 Å². The van der Waals surface area contributed by atoms with E-state index in [9.17, 15) is 8.42 Å². The van der Waals surface area contributed by atoms with E-state index in [2.05, 4.69) is 15.6 Å². The first-order chi connectivity index (χ1) is 11.0. The number of nitrogens with one attached hydrogen (secondary N) is 2. The third kappa shape index (κ3) is 10.3. The lowest BCUT2D eigenvalue weighted by Gasteiger charge is -2.27. The minimum Gasteiger partial charge on any atom is -0.356 e. The van der Waals surface area contributed by atoms with Crippen LogP contribution in [0.4, 0.5) is 0 Å². The molecule has 1 rings (SSSR count). The molecular weight excluding hydrogens is 473 g/mol. The number of nitrogens with zero attached hydrogens (tertiary/aromatic N) is 1. The molecule has 1 unspecified atom stereocenters. The highest BCUT2D eigenvalue weighted by molar-refractivity contribution is 14.0. The number of sulfone groups is 1. The van der Waals surface area contributed by atoms with E-state index in [0.717, 1.165) is 5.56 Å². The molecule has 0 heterocycles. The largest absolute Gasteiger partial charge is 0.356 e. The van der Waals surface area contributed by atoms with Crippen LogP contribution < -0.4 is 10.6 Å². The van der Waals surface area contributed by atoms with Crippen LogP contribution in [0, 0.1) is 5.41 Å². The molecule has 25 heavy (non-hydrogen) atoms. The van der Waals surface area contributed by atoms with Gasteiger partial charge in [0.05, 0.1) is 11.8 Å². The first kappa shape index (κ1) is 24.5. The Morgan fingerprint density at radius 3 is 2.52 bits per heavy atom. The van der Waals surface area contributed by atoms with Crippen molar-refractivity contribution in [3.05, 3.63) is 34.9 Å². The maximum Gasteiger partial charge on any atom is 0.191 e. The summed E-state index contributed by atoms with van der Waals surface area (Å²) < 4.78 is 22.7. The van der Waals surface area contributed by atoms with Crippen LogP contribution in [0.15, 0.2) is 29.3 Å². The molecule has 5 nitrogen and oxygen atoms in total. The highest BCUT2D eigenvalue weighted by atomic mass is 127. The smallest absolute Gasteiger partial charge is 0.191 e. The molecule has 2 N–H and O–H groups in total. The van der Waals surface area contributed by atoms with E-state index in [1.807, 2.05) is 45.0 Å². The first-order valence-corrected chi connectivity index (χ1v) is 10.4. The molecular formula is C17H29ClIN3O2S. The summed E-state index contributed by atoms with van der Waals surface area (Å²) in [5.74, 6) is 0.863. The number of guanidine groups is 1. The first-order valence-electron chi connectivity index (χ1n) is 7.93. The van der Waals surface area contributed by atoms with Gasteiger partial charge in [-0.2, -0.15) is 0 Å². The summed E-state index contributed by atoms with van der Waals surface area (Å²) in [6.45, 7) is 6.75. The van der Waals surface area contributed by atoms with E-state index in [4.69, 9.17) is 11.6 Å². The van der Waals surface area contributed by atoms with Crippen LogP contribution in [0.25, 0.3) is 0 Å². The molecule has 0 aliphatic heterocycles. The summed E-state index contributed by atoms with van der Waals surface area (Å²) in [6, 6.07) is 7.74. The number of aliphatic imine (C=N–C) groups is 1. The second-order valence-electron chi connectivity index (χ2n) is 6.89. The van der Waals surface area contributed by atoms with E-state index in [1.165, 1.54) is 6.26 Å². The fourth-order valence-electron chi connectivity index (χ4n) is 2.13. The predicted molar refractivity (Wildman–Crippen MR) is 118 cm³/mol. The topological polar surface area (TPSA) is 70.6 Å². The number of hydrogen-bond donors (Lipinski definition) is 2. The zero-order chi connectivity index (χ0) is 18.4. The van der Waals surface area contributed by atoms with Crippen molar-refractivity contribution in [3.63, 3.8) is 0 Å². The highest BCUT2D eigenvalue weighted by Gasteiger charge is 2.21. The molecule has 0 aromatic heterocycles. The van der Waals surface area contributed by atoms with Gasteiger partial charge >= 0.3 is 0 Å². The van der Waals surface area contributed by atoms with Crippen LogP contribution in [0.1, 0.15) is 38.8 Å². The van der Waals surface area contributed by atoms with Crippen LogP contribution >= 0.6 is 35.6 Å². The Hall–Kier alpha value is -0.540. The highest BCUT2D eigenvalue weighted by Crippen LogP contribution is 2.20. The van der Waals surface area contributed by atoms with Gasteiger partial charge in [-0.25, -0.2) is 8.42 Å². The zero-order valence-electron chi connectivity index (χ0n) is 15.5. The fourth-order valence-corrected chi connectivity index (χ4v) is 3.25. The molecule has 0 bridgehead atoms. The Morgan fingerprint density at radius 1 is 1.36 bits per heavy atom. The fraction of sp³-hybridized carbons (Fsp3) is 0.588. The molecule has 0 saturated carbocycles. The van der Waals surface area contributed by atoms with Gasteiger partial charge in [-0.3, -0.25) is 4.99 Å². The molecule has 1 aromatic rings. The third-order valence-corrected chi connectivity index (χ3v) is 4.99. The van der Waals surface area contributed by atoms with Crippen LogP contribution in [-0.2, 0) is 9.84 Å². The Kier molecular flexibility index (Phi) is 10.3. The van der Waals surface area contributed by atoms with Crippen LogP contribution in [-0.4, -0.2) is 40.0 Å². The van der Waals surface area contributed by atoms with Gasteiger partial charge in [0.15, 0.2) is 5.96 Å². The van der Waals surface area contributed by atoms with Gasteiger partial charge in [0.25, 0.3) is 0 Å². The van der Waals surface area contributed by atoms with Crippen LogP contribution in [0.2, 0.25) is 5.02 Å². The van der Waals surface area contributed by atoms with Crippen LogP contribution in [0.5, 0.6) is 0 Å². The molecule has 0 amide bonds.